The van der Waals surface area contributed by atoms with E-state index in [2.05, 4.69) is 10.3 Å². The fraction of sp³-hybridized carbons (Fsp3) is 0.333. The van der Waals surface area contributed by atoms with Gasteiger partial charge < -0.3 is 10.1 Å². The number of nitrogens with zero attached hydrogens (tertiary/aromatic N) is 2. The van der Waals surface area contributed by atoms with E-state index in [0.717, 1.165) is 18.2 Å². The number of piperidine rings is 1. The summed E-state index contributed by atoms with van der Waals surface area (Å²) >= 11 is 0. The van der Waals surface area contributed by atoms with Crippen LogP contribution in [0.3, 0.4) is 0 Å². The van der Waals surface area contributed by atoms with E-state index in [-0.39, 0.29) is 24.3 Å². The van der Waals surface area contributed by atoms with Crippen LogP contribution in [0.1, 0.15) is 23.3 Å². The van der Waals surface area contributed by atoms with Crippen molar-refractivity contribution in [3.05, 3.63) is 58.4 Å². The van der Waals surface area contributed by atoms with Crippen molar-refractivity contribution in [3.63, 3.8) is 0 Å². The van der Waals surface area contributed by atoms with Crippen molar-refractivity contribution < 1.29 is 27.3 Å². The van der Waals surface area contributed by atoms with Crippen LogP contribution in [-0.2, 0) is 10.0 Å². The average molecular weight is 438 g/mol. The molecular weight excluding hydrogens is 419 g/mol. The second kappa shape index (κ2) is 8.71. The molecule has 0 bridgehead atoms. The van der Waals surface area contributed by atoms with Crippen molar-refractivity contribution in [3.8, 4) is 5.75 Å². The van der Waals surface area contributed by atoms with Gasteiger partial charge >= 0.3 is 5.69 Å². The van der Waals surface area contributed by atoms with E-state index < -0.39 is 43.7 Å². The molecule has 1 fully saturated rings. The lowest BCUT2D eigenvalue weighted by Gasteiger charge is -2.29. The number of ether oxygens (including phenoxy) is 1. The Morgan fingerprint density at radius 1 is 1.30 bits per heavy atom. The summed E-state index contributed by atoms with van der Waals surface area (Å²) in [7, 11) is -4.41. The topological polar surface area (TPSA) is 141 Å². The lowest BCUT2D eigenvalue weighted by molar-refractivity contribution is -0.386. The Labute approximate surface area is 171 Å². The Bertz CT molecular complexity index is 1040. The molecule has 1 amide bonds. The van der Waals surface area contributed by atoms with Crippen LogP contribution in [0, 0.1) is 10.1 Å². The first kappa shape index (κ1) is 21.6. The van der Waals surface area contributed by atoms with Gasteiger partial charge in [-0.1, -0.05) is 6.07 Å². The van der Waals surface area contributed by atoms with Gasteiger partial charge in [-0.05, 0) is 50.2 Å². The van der Waals surface area contributed by atoms with Gasteiger partial charge in [-0.25, -0.2) is 17.5 Å². The Morgan fingerprint density at radius 3 is 2.67 bits per heavy atom. The summed E-state index contributed by atoms with van der Waals surface area (Å²) in [6, 6.07) is 7.25. The maximum atomic E-state index is 14.7. The maximum Gasteiger partial charge on any atom is 0.312 e. The summed E-state index contributed by atoms with van der Waals surface area (Å²) in [5.74, 6) is -1.24. The summed E-state index contributed by atoms with van der Waals surface area (Å²) in [5, 5.41) is 14.4. The number of carbonyl (C=O) groups is 1. The van der Waals surface area contributed by atoms with Gasteiger partial charge in [0.15, 0.2) is 5.75 Å². The molecule has 2 aromatic rings. The molecule has 0 saturated carbocycles. The van der Waals surface area contributed by atoms with E-state index in [1.54, 1.807) is 10.8 Å². The molecule has 160 valence electrons. The van der Waals surface area contributed by atoms with Crippen LogP contribution in [0.5, 0.6) is 5.75 Å². The number of halogens is 1. The highest BCUT2D eigenvalue weighted by molar-refractivity contribution is 7.90. The number of nitrogens with one attached hydrogen (secondary N) is 2. The molecule has 0 unspecified atom stereocenters. The summed E-state index contributed by atoms with van der Waals surface area (Å²) in [5.41, 5.74) is -2.41. The van der Waals surface area contributed by atoms with Gasteiger partial charge in [-0.15, -0.1) is 0 Å². The van der Waals surface area contributed by atoms with Gasteiger partial charge in [0, 0.05) is 12.3 Å². The van der Waals surface area contributed by atoms with Gasteiger partial charge in [-0.3, -0.25) is 19.9 Å². The molecule has 10 nitrogen and oxygen atoms in total. The minimum absolute atomic E-state index is 0.134. The summed E-state index contributed by atoms with van der Waals surface area (Å²) in [4.78, 5) is 25.9. The number of hydrogen-bond acceptors (Lipinski definition) is 8. The molecule has 0 radical (unpaired) electrons. The number of hydrogen-bond donors (Lipinski definition) is 2. The number of benzene rings is 1. The van der Waals surface area contributed by atoms with E-state index in [4.69, 9.17) is 4.74 Å². The largest absolute Gasteiger partial charge is 0.483 e. The van der Waals surface area contributed by atoms with Crippen molar-refractivity contribution in [2.75, 3.05) is 19.7 Å². The monoisotopic (exact) mass is 438 g/mol. The number of rotatable bonds is 7. The Balaban J connectivity index is 1.80. The maximum absolute atomic E-state index is 14.7. The lowest BCUT2D eigenvalue weighted by Crippen LogP contribution is -2.42. The second-order valence-corrected chi connectivity index (χ2v) is 8.41. The normalized spacial score (nSPS) is 15.9. The van der Waals surface area contributed by atoms with E-state index in [0.29, 0.717) is 13.1 Å². The SMILES string of the molecule is O=C(NS(=O)(=O)c1ccc(OCC2(F)CCNCC2)c([N+](=O)[O-])c1)c1ccccn1. The molecule has 2 N–H and O–H groups in total. The van der Waals surface area contributed by atoms with Crippen molar-refractivity contribution in [2.24, 2.45) is 0 Å². The third kappa shape index (κ3) is 5.07. The number of nitro groups is 1. The molecule has 1 aliphatic rings. The van der Waals surface area contributed by atoms with Crippen molar-refractivity contribution in [1.82, 2.24) is 15.0 Å². The second-order valence-electron chi connectivity index (χ2n) is 6.73. The quantitative estimate of drug-likeness (QED) is 0.490. The number of nitro benzene ring substituents is 1. The first-order valence-electron chi connectivity index (χ1n) is 8.99. The fourth-order valence-corrected chi connectivity index (χ4v) is 3.87. The van der Waals surface area contributed by atoms with Crippen LogP contribution in [0.4, 0.5) is 10.1 Å². The molecule has 3 rings (SSSR count). The molecule has 1 aromatic carbocycles. The fourth-order valence-electron chi connectivity index (χ4n) is 2.89. The number of sulfonamides is 1. The zero-order chi connectivity index (χ0) is 21.8. The molecule has 0 atom stereocenters. The predicted octanol–water partition coefficient (Wildman–Crippen LogP) is 1.58. The minimum Gasteiger partial charge on any atom is -0.483 e. The van der Waals surface area contributed by atoms with Gasteiger partial charge in [0.05, 0.1) is 9.82 Å². The van der Waals surface area contributed by atoms with Gasteiger partial charge in [0.1, 0.15) is 18.0 Å². The van der Waals surface area contributed by atoms with Crippen molar-refractivity contribution in [1.29, 1.82) is 0 Å². The van der Waals surface area contributed by atoms with Crippen LogP contribution < -0.4 is 14.8 Å². The van der Waals surface area contributed by atoms with Gasteiger partial charge in [-0.2, -0.15) is 0 Å². The van der Waals surface area contributed by atoms with Crippen molar-refractivity contribution >= 4 is 21.6 Å². The molecule has 1 aliphatic heterocycles. The van der Waals surface area contributed by atoms with E-state index in [9.17, 15) is 27.7 Å². The summed E-state index contributed by atoms with van der Waals surface area (Å²) in [6.07, 6.45) is 1.72. The average Bonchev–Trinajstić information content (AvgIpc) is 2.73. The zero-order valence-electron chi connectivity index (χ0n) is 15.7. The third-order valence-electron chi connectivity index (χ3n) is 4.55. The van der Waals surface area contributed by atoms with Crippen LogP contribution in [0.25, 0.3) is 0 Å². The highest BCUT2D eigenvalue weighted by atomic mass is 32.2. The highest BCUT2D eigenvalue weighted by Gasteiger charge is 2.34. The first-order valence-corrected chi connectivity index (χ1v) is 10.5. The standard InChI is InChI=1S/C18H19FN4O6S/c19-18(6-9-20-10-7-18)12-29-16-5-4-13(11-15(16)23(25)26)30(27,28)22-17(24)14-3-1-2-8-21-14/h1-5,8,11,20H,6-7,9-10,12H2,(H,22,24). The number of pyridine rings is 1. The lowest BCUT2D eigenvalue weighted by atomic mass is 9.95. The number of carbonyl (C=O) groups excluding carboxylic acids is 1. The van der Waals surface area contributed by atoms with Crippen LogP contribution >= 0.6 is 0 Å². The zero-order valence-corrected chi connectivity index (χ0v) is 16.5. The summed E-state index contributed by atoms with van der Waals surface area (Å²) in [6.45, 7) is 0.544. The number of alkyl halides is 1. The Kier molecular flexibility index (Phi) is 6.27. The van der Waals surface area contributed by atoms with Crippen molar-refractivity contribution in [2.45, 2.75) is 23.4 Å². The minimum atomic E-state index is -4.41. The van der Waals surface area contributed by atoms with E-state index in [1.807, 2.05) is 0 Å². The highest BCUT2D eigenvalue weighted by Crippen LogP contribution is 2.32. The molecule has 1 aromatic heterocycles. The van der Waals surface area contributed by atoms with Crippen LogP contribution in [-0.4, -0.2) is 49.6 Å². The molecule has 0 spiro atoms. The number of amides is 1. The first-order chi connectivity index (χ1) is 14.2. The third-order valence-corrected chi connectivity index (χ3v) is 5.88. The molecule has 0 aliphatic carbocycles. The van der Waals surface area contributed by atoms with Crippen LogP contribution in [0.15, 0.2) is 47.5 Å². The van der Waals surface area contributed by atoms with Gasteiger partial charge in [0.25, 0.3) is 15.9 Å². The molecular formula is C18H19FN4O6S. The van der Waals surface area contributed by atoms with E-state index in [1.165, 1.54) is 18.3 Å². The Hall–Kier alpha value is -3.12. The molecule has 30 heavy (non-hydrogen) atoms. The molecule has 2 heterocycles. The number of aromatic nitrogens is 1. The smallest absolute Gasteiger partial charge is 0.312 e. The molecule has 12 heteroatoms. The predicted molar refractivity (Wildman–Crippen MR) is 103 cm³/mol. The Morgan fingerprint density at radius 2 is 2.03 bits per heavy atom. The van der Waals surface area contributed by atoms with E-state index >= 15 is 0 Å². The van der Waals surface area contributed by atoms with Gasteiger partial charge in [0.2, 0.25) is 0 Å². The molecule has 1 saturated heterocycles. The summed E-state index contributed by atoms with van der Waals surface area (Å²) < 4.78 is 46.7. The van der Waals surface area contributed by atoms with Crippen LogP contribution in [0.2, 0.25) is 0 Å².